The predicted octanol–water partition coefficient (Wildman–Crippen LogP) is 4.05. The first kappa shape index (κ1) is 16.2. The molecule has 1 aliphatic carbocycles. The van der Waals surface area contributed by atoms with Gasteiger partial charge in [-0.3, -0.25) is 0 Å². The summed E-state index contributed by atoms with van der Waals surface area (Å²) in [5.41, 5.74) is 5.18. The maximum absolute atomic E-state index is 5.57. The van der Waals surface area contributed by atoms with Gasteiger partial charge in [0.15, 0.2) is 0 Å². The Morgan fingerprint density at radius 3 is 2.74 bits per heavy atom. The van der Waals surface area contributed by atoms with Crippen molar-refractivity contribution in [3.63, 3.8) is 0 Å². The minimum Gasteiger partial charge on any atom is -0.394 e. The standard InChI is InChI=1S/C19H24N2OS/c1-14-7-5-6-8-15(14)19(2)13-17(18-16(19)9-12-23-18)20-22-11-10-21(3)4/h5-9,12H,10-11,13H2,1-4H3/b20-17+. The van der Waals surface area contributed by atoms with Crippen LogP contribution in [-0.2, 0) is 10.3 Å². The van der Waals surface area contributed by atoms with Crippen LogP contribution in [0.5, 0.6) is 0 Å². The molecule has 0 saturated carbocycles. The molecule has 1 aromatic carbocycles. The zero-order chi connectivity index (χ0) is 16.4. The van der Waals surface area contributed by atoms with Gasteiger partial charge in [-0.2, -0.15) is 0 Å². The van der Waals surface area contributed by atoms with Gasteiger partial charge < -0.3 is 9.74 Å². The molecule has 4 heteroatoms. The van der Waals surface area contributed by atoms with Gasteiger partial charge in [-0.05, 0) is 49.2 Å². The number of benzene rings is 1. The molecular formula is C19H24N2OS. The molecule has 1 atom stereocenters. The van der Waals surface area contributed by atoms with Gasteiger partial charge in [0.2, 0.25) is 0 Å². The summed E-state index contributed by atoms with van der Waals surface area (Å²) in [7, 11) is 4.08. The minimum atomic E-state index is -0.00951. The van der Waals surface area contributed by atoms with Crippen molar-refractivity contribution in [3.8, 4) is 0 Å². The molecule has 122 valence electrons. The lowest BCUT2D eigenvalue weighted by molar-refractivity contribution is 0.125. The fourth-order valence-electron chi connectivity index (χ4n) is 3.33. The van der Waals surface area contributed by atoms with Crippen LogP contribution in [0.15, 0.2) is 40.9 Å². The van der Waals surface area contributed by atoms with Gasteiger partial charge in [-0.1, -0.05) is 36.3 Å². The fraction of sp³-hybridized carbons (Fsp3) is 0.421. The van der Waals surface area contributed by atoms with Gasteiger partial charge >= 0.3 is 0 Å². The fourth-order valence-corrected chi connectivity index (χ4v) is 4.34. The lowest BCUT2D eigenvalue weighted by Crippen LogP contribution is -2.22. The Balaban J connectivity index is 1.89. The van der Waals surface area contributed by atoms with E-state index in [-0.39, 0.29) is 5.41 Å². The number of hydrogen-bond donors (Lipinski definition) is 0. The second-order valence-electron chi connectivity index (χ2n) is 6.66. The van der Waals surface area contributed by atoms with Crippen molar-refractivity contribution in [1.29, 1.82) is 0 Å². The van der Waals surface area contributed by atoms with Crippen molar-refractivity contribution in [1.82, 2.24) is 4.90 Å². The van der Waals surface area contributed by atoms with E-state index in [2.05, 4.69) is 59.6 Å². The van der Waals surface area contributed by atoms with Crippen LogP contribution in [0.1, 0.15) is 34.9 Å². The van der Waals surface area contributed by atoms with Gasteiger partial charge in [0.1, 0.15) is 6.61 Å². The summed E-state index contributed by atoms with van der Waals surface area (Å²) >= 11 is 1.77. The maximum Gasteiger partial charge on any atom is 0.129 e. The summed E-state index contributed by atoms with van der Waals surface area (Å²) < 4.78 is 0. The first-order chi connectivity index (χ1) is 11.0. The highest BCUT2D eigenvalue weighted by Gasteiger charge is 2.41. The van der Waals surface area contributed by atoms with Crippen LogP contribution in [0.4, 0.5) is 0 Å². The number of thiophene rings is 1. The SMILES string of the molecule is Cc1ccccc1C1(C)C/C(=N\OCCN(C)C)c2sccc21. The van der Waals surface area contributed by atoms with Crippen LogP contribution < -0.4 is 0 Å². The van der Waals surface area contributed by atoms with Gasteiger partial charge in [0, 0.05) is 18.4 Å². The summed E-state index contributed by atoms with van der Waals surface area (Å²) in [5.74, 6) is 0. The highest BCUT2D eigenvalue weighted by atomic mass is 32.1. The van der Waals surface area contributed by atoms with E-state index in [9.17, 15) is 0 Å². The molecule has 1 aromatic heterocycles. The van der Waals surface area contributed by atoms with E-state index in [0.29, 0.717) is 6.61 Å². The van der Waals surface area contributed by atoms with Crippen molar-refractivity contribution in [2.24, 2.45) is 5.16 Å². The van der Waals surface area contributed by atoms with Gasteiger partial charge in [-0.15, -0.1) is 11.3 Å². The second kappa shape index (κ2) is 6.46. The van der Waals surface area contributed by atoms with Crippen LogP contribution >= 0.6 is 11.3 Å². The minimum absolute atomic E-state index is 0.00951. The zero-order valence-corrected chi connectivity index (χ0v) is 15.1. The van der Waals surface area contributed by atoms with Crippen molar-refractivity contribution < 1.29 is 4.84 Å². The van der Waals surface area contributed by atoms with Crippen molar-refractivity contribution in [2.75, 3.05) is 27.2 Å². The molecule has 0 fully saturated rings. The molecule has 2 aromatic rings. The number of fused-ring (bicyclic) bond motifs is 1. The Labute approximate surface area is 142 Å². The molecule has 3 rings (SSSR count). The number of nitrogens with zero attached hydrogens (tertiary/aromatic N) is 2. The Hall–Kier alpha value is -1.65. The molecule has 1 unspecified atom stereocenters. The summed E-state index contributed by atoms with van der Waals surface area (Å²) in [4.78, 5) is 8.95. The average molecular weight is 328 g/mol. The third-order valence-electron chi connectivity index (χ3n) is 4.59. The summed E-state index contributed by atoms with van der Waals surface area (Å²) in [6, 6.07) is 10.9. The van der Waals surface area contributed by atoms with E-state index in [1.807, 2.05) is 14.1 Å². The largest absolute Gasteiger partial charge is 0.394 e. The Morgan fingerprint density at radius 1 is 1.22 bits per heavy atom. The van der Waals surface area contributed by atoms with Crippen LogP contribution in [0.25, 0.3) is 0 Å². The number of oxime groups is 1. The van der Waals surface area contributed by atoms with Gasteiger partial charge in [0.25, 0.3) is 0 Å². The van der Waals surface area contributed by atoms with Crippen LogP contribution in [0.3, 0.4) is 0 Å². The van der Waals surface area contributed by atoms with E-state index >= 15 is 0 Å². The molecule has 0 spiro atoms. The summed E-state index contributed by atoms with van der Waals surface area (Å²) in [6.45, 7) is 6.01. The smallest absolute Gasteiger partial charge is 0.129 e. The quantitative estimate of drug-likeness (QED) is 0.611. The average Bonchev–Trinajstić information content (AvgIpc) is 3.08. The van der Waals surface area contributed by atoms with Crippen molar-refractivity contribution >= 4 is 17.0 Å². The molecule has 0 radical (unpaired) electrons. The Bertz CT molecular complexity index is 720. The molecule has 0 aliphatic heterocycles. The van der Waals surface area contributed by atoms with Crippen molar-refractivity contribution in [2.45, 2.75) is 25.7 Å². The van der Waals surface area contributed by atoms with Gasteiger partial charge in [-0.25, -0.2) is 0 Å². The van der Waals surface area contributed by atoms with E-state index in [4.69, 9.17) is 4.84 Å². The lowest BCUT2D eigenvalue weighted by atomic mass is 9.76. The third-order valence-corrected chi connectivity index (χ3v) is 5.55. The first-order valence-corrected chi connectivity index (χ1v) is 8.88. The van der Waals surface area contributed by atoms with E-state index < -0.39 is 0 Å². The van der Waals surface area contributed by atoms with E-state index in [1.165, 1.54) is 21.6 Å². The van der Waals surface area contributed by atoms with E-state index in [0.717, 1.165) is 18.7 Å². The second-order valence-corrected chi connectivity index (χ2v) is 7.58. The highest BCUT2D eigenvalue weighted by Crippen LogP contribution is 2.47. The molecular weight excluding hydrogens is 304 g/mol. The van der Waals surface area contributed by atoms with Gasteiger partial charge in [0.05, 0.1) is 10.6 Å². The molecule has 0 bridgehead atoms. The first-order valence-electron chi connectivity index (χ1n) is 8.00. The molecule has 1 heterocycles. The van der Waals surface area contributed by atoms with Crippen molar-refractivity contribution in [3.05, 3.63) is 57.3 Å². The normalized spacial score (nSPS) is 21.9. The lowest BCUT2D eigenvalue weighted by Gasteiger charge is -2.26. The number of likely N-dealkylation sites (N-methyl/N-ethyl adjacent to an activating group) is 1. The molecule has 0 saturated heterocycles. The van der Waals surface area contributed by atoms with Crippen LogP contribution in [0, 0.1) is 6.92 Å². The van der Waals surface area contributed by atoms with Crippen LogP contribution in [-0.4, -0.2) is 37.9 Å². The van der Waals surface area contributed by atoms with E-state index in [1.54, 1.807) is 11.3 Å². The number of hydrogen-bond acceptors (Lipinski definition) is 4. The molecule has 1 aliphatic rings. The maximum atomic E-state index is 5.57. The number of aryl methyl sites for hydroxylation is 1. The van der Waals surface area contributed by atoms with Crippen LogP contribution in [0.2, 0.25) is 0 Å². The predicted molar refractivity (Wildman–Crippen MR) is 97.6 cm³/mol. The zero-order valence-electron chi connectivity index (χ0n) is 14.3. The third kappa shape index (κ3) is 3.06. The molecule has 0 amide bonds. The molecule has 0 N–H and O–H groups in total. The Morgan fingerprint density at radius 2 is 2.00 bits per heavy atom. The molecule has 23 heavy (non-hydrogen) atoms. The Kier molecular flexibility index (Phi) is 4.55. The topological polar surface area (TPSA) is 24.8 Å². The summed E-state index contributed by atoms with van der Waals surface area (Å²) in [5, 5.41) is 6.62. The monoisotopic (exact) mass is 328 g/mol. The number of rotatable bonds is 5. The molecule has 3 nitrogen and oxygen atoms in total. The summed E-state index contributed by atoms with van der Waals surface area (Å²) in [6.07, 6.45) is 0.905. The highest BCUT2D eigenvalue weighted by molar-refractivity contribution is 7.12.